The lowest BCUT2D eigenvalue weighted by atomic mass is 9.86. The third kappa shape index (κ3) is 9.21. The van der Waals surface area contributed by atoms with Gasteiger partial charge in [-0.25, -0.2) is 0 Å². The highest BCUT2D eigenvalue weighted by Crippen LogP contribution is 2.30. The summed E-state index contributed by atoms with van der Waals surface area (Å²) in [4.78, 5) is 11.6. The van der Waals surface area contributed by atoms with E-state index in [-0.39, 0.29) is 11.4 Å². The van der Waals surface area contributed by atoms with Crippen molar-refractivity contribution in [3.05, 3.63) is 0 Å². The minimum Gasteiger partial charge on any atom is -0.375 e. The molecule has 0 aromatic heterocycles. The number of ketones is 1. The van der Waals surface area contributed by atoms with Crippen LogP contribution in [-0.4, -0.2) is 18.0 Å². The van der Waals surface area contributed by atoms with Gasteiger partial charge in [0.05, 0.1) is 5.60 Å². The zero-order chi connectivity index (χ0) is 14.6. The molecule has 0 aromatic carbocycles. The van der Waals surface area contributed by atoms with Crippen molar-refractivity contribution in [2.75, 3.05) is 6.61 Å². The number of hydrogen-bond acceptors (Lipinski definition) is 2. The molecule has 0 spiro atoms. The van der Waals surface area contributed by atoms with Crippen molar-refractivity contribution in [1.82, 2.24) is 0 Å². The molecule has 0 rings (SSSR count). The summed E-state index contributed by atoms with van der Waals surface area (Å²) in [5, 5.41) is 0. The minimum absolute atomic E-state index is 0.177. The van der Waals surface area contributed by atoms with Crippen LogP contribution in [0.4, 0.5) is 0 Å². The van der Waals surface area contributed by atoms with E-state index >= 15 is 0 Å². The van der Waals surface area contributed by atoms with Gasteiger partial charge < -0.3 is 4.74 Å². The molecule has 0 aliphatic heterocycles. The van der Waals surface area contributed by atoms with E-state index in [1.807, 2.05) is 0 Å². The lowest BCUT2D eigenvalue weighted by Crippen LogP contribution is -2.35. The van der Waals surface area contributed by atoms with Gasteiger partial charge in [0.15, 0.2) is 0 Å². The van der Waals surface area contributed by atoms with Crippen molar-refractivity contribution in [3.63, 3.8) is 0 Å². The Bertz CT molecular complexity index is 225. The van der Waals surface area contributed by atoms with Gasteiger partial charge in [-0.1, -0.05) is 59.3 Å². The molecule has 2 nitrogen and oxygen atoms in total. The van der Waals surface area contributed by atoms with Gasteiger partial charge in [-0.05, 0) is 26.2 Å². The molecule has 0 heterocycles. The van der Waals surface area contributed by atoms with Gasteiger partial charge in [-0.2, -0.15) is 0 Å². The van der Waals surface area contributed by atoms with Gasteiger partial charge >= 0.3 is 0 Å². The average Bonchev–Trinajstić information content (AvgIpc) is 2.35. The Balaban J connectivity index is 4.46. The number of Topliss-reactive ketones (excluding diaryl/α,β-unsaturated/α-hetero) is 1. The maximum Gasteiger partial charge on any atom is 0.132 e. The molecule has 0 aliphatic rings. The number of unbranched alkanes of at least 4 members (excludes halogenated alkanes) is 4. The Morgan fingerprint density at radius 1 is 0.895 bits per heavy atom. The second-order valence-electron chi connectivity index (χ2n) is 5.82. The van der Waals surface area contributed by atoms with Crippen LogP contribution in [0.2, 0.25) is 0 Å². The molecular formula is C17H34O2. The number of carbonyl (C=O) groups is 1. The number of carbonyl (C=O) groups excluding carboxylic acids is 1. The lowest BCUT2D eigenvalue weighted by molar-refractivity contribution is -0.127. The SMILES string of the molecule is CCCCCCC(CCC)(CC(C)=O)OCCCC. The van der Waals surface area contributed by atoms with Crippen molar-refractivity contribution in [1.29, 1.82) is 0 Å². The molecule has 1 atom stereocenters. The molecule has 114 valence electrons. The molecule has 0 saturated heterocycles. The van der Waals surface area contributed by atoms with Crippen LogP contribution < -0.4 is 0 Å². The molecular weight excluding hydrogens is 236 g/mol. The van der Waals surface area contributed by atoms with Crippen LogP contribution in [0.15, 0.2) is 0 Å². The highest BCUT2D eigenvalue weighted by atomic mass is 16.5. The highest BCUT2D eigenvalue weighted by Gasteiger charge is 2.31. The fourth-order valence-corrected chi connectivity index (χ4v) is 2.71. The highest BCUT2D eigenvalue weighted by molar-refractivity contribution is 5.76. The van der Waals surface area contributed by atoms with Crippen molar-refractivity contribution in [3.8, 4) is 0 Å². The summed E-state index contributed by atoms with van der Waals surface area (Å²) < 4.78 is 6.18. The zero-order valence-electron chi connectivity index (χ0n) is 13.6. The summed E-state index contributed by atoms with van der Waals surface area (Å²) in [6.07, 6.45) is 11.0. The molecule has 0 fully saturated rings. The van der Waals surface area contributed by atoms with Crippen LogP contribution in [0.25, 0.3) is 0 Å². The van der Waals surface area contributed by atoms with Crippen molar-refractivity contribution in [2.45, 2.75) is 97.5 Å². The topological polar surface area (TPSA) is 26.3 Å². The fraction of sp³-hybridized carbons (Fsp3) is 0.941. The minimum atomic E-state index is -0.177. The quantitative estimate of drug-likeness (QED) is 0.425. The first-order valence-corrected chi connectivity index (χ1v) is 8.23. The van der Waals surface area contributed by atoms with Crippen molar-refractivity contribution in [2.24, 2.45) is 0 Å². The second kappa shape index (κ2) is 11.5. The van der Waals surface area contributed by atoms with Gasteiger partial charge in [0, 0.05) is 13.0 Å². The summed E-state index contributed by atoms with van der Waals surface area (Å²) >= 11 is 0. The number of hydrogen-bond donors (Lipinski definition) is 0. The standard InChI is InChI=1S/C17H34O2/c1-5-8-10-11-13-17(12-7-3,15-16(4)18)19-14-9-6-2/h5-15H2,1-4H3. The van der Waals surface area contributed by atoms with Crippen LogP contribution >= 0.6 is 0 Å². The van der Waals surface area contributed by atoms with E-state index < -0.39 is 0 Å². The van der Waals surface area contributed by atoms with E-state index in [2.05, 4.69) is 20.8 Å². The molecule has 0 radical (unpaired) electrons. The number of rotatable bonds is 13. The predicted octanol–water partition coefficient (Wildman–Crippen LogP) is 5.29. The van der Waals surface area contributed by atoms with Crippen molar-refractivity contribution < 1.29 is 9.53 Å². The Morgan fingerprint density at radius 3 is 2.11 bits per heavy atom. The van der Waals surface area contributed by atoms with E-state index in [1.165, 1.54) is 25.7 Å². The summed E-state index contributed by atoms with van der Waals surface area (Å²) in [5.41, 5.74) is -0.177. The summed E-state index contributed by atoms with van der Waals surface area (Å²) in [7, 11) is 0. The van der Waals surface area contributed by atoms with Gasteiger partial charge in [0.1, 0.15) is 5.78 Å². The van der Waals surface area contributed by atoms with Crippen LogP contribution in [0.3, 0.4) is 0 Å². The Morgan fingerprint density at radius 2 is 1.58 bits per heavy atom. The van der Waals surface area contributed by atoms with E-state index in [1.54, 1.807) is 6.92 Å². The zero-order valence-corrected chi connectivity index (χ0v) is 13.6. The first kappa shape index (κ1) is 18.6. The molecule has 0 bridgehead atoms. The average molecular weight is 270 g/mol. The third-order valence-corrected chi connectivity index (χ3v) is 3.67. The molecule has 19 heavy (non-hydrogen) atoms. The smallest absolute Gasteiger partial charge is 0.132 e. The summed E-state index contributed by atoms with van der Waals surface area (Å²) in [6.45, 7) is 9.09. The normalized spacial score (nSPS) is 14.3. The Kier molecular flexibility index (Phi) is 11.2. The largest absolute Gasteiger partial charge is 0.375 e. The van der Waals surface area contributed by atoms with Crippen LogP contribution in [0.1, 0.15) is 91.9 Å². The second-order valence-corrected chi connectivity index (χ2v) is 5.82. The van der Waals surface area contributed by atoms with E-state index in [4.69, 9.17) is 4.74 Å². The lowest BCUT2D eigenvalue weighted by Gasteiger charge is -2.33. The maximum atomic E-state index is 11.6. The van der Waals surface area contributed by atoms with Crippen molar-refractivity contribution >= 4 is 5.78 Å². The third-order valence-electron chi connectivity index (χ3n) is 3.67. The molecule has 0 aromatic rings. The van der Waals surface area contributed by atoms with Crippen LogP contribution in [0, 0.1) is 0 Å². The first-order valence-electron chi connectivity index (χ1n) is 8.23. The first-order chi connectivity index (χ1) is 9.10. The molecule has 0 saturated carbocycles. The van der Waals surface area contributed by atoms with Gasteiger partial charge in [0.2, 0.25) is 0 Å². The predicted molar refractivity (Wildman–Crippen MR) is 82.6 cm³/mol. The summed E-state index contributed by atoms with van der Waals surface area (Å²) in [6, 6.07) is 0. The van der Waals surface area contributed by atoms with Gasteiger partial charge in [0.25, 0.3) is 0 Å². The van der Waals surface area contributed by atoms with Crippen LogP contribution in [0.5, 0.6) is 0 Å². The van der Waals surface area contributed by atoms with E-state index in [0.29, 0.717) is 6.42 Å². The van der Waals surface area contributed by atoms with Gasteiger partial charge in [-0.3, -0.25) is 4.79 Å². The fourth-order valence-electron chi connectivity index (χ4n) is 2.71. The van der Waals surface area contributed by atoms with Crippen LogP contribution in [-0.2, 0) is 9.53 Å². The molecule has 0 amide bonds. The number of ether oxygens (including phenoxy) is 1. The molecule has 2 heteroatoms. The summed E-state index contributed by atoms with van der Waals surface area (Å²) in [5.74, 6) is 0.264. The monoisotopic (exact) mass is 270 g/mol. The Labute approximate surface area is 120 Å². The van der Waals surface area contributed by atoms with E-state index in [0.717, 1.165) is 38.7 Å². The molecule has 0 N–H and O–H groups in total. The molecule has 0 aliphatic carbocycles. The van der Waals surface area contributed by atoms with Gasteiger partial charge in [-0.15, -0.1) is 0 Å². The molecule has 1 unspecified atom stereocenters. The maximum absolute atomic E-state index is 11.6. The van der Waals surface area contributed by atoms with E-state index in [9.17, 15) is 4.79 Å². The Hall–Kier alpha value is -0.370.